The average molecular weight is 622 g/mol. The van der Waals surface area contributed by atoms with Crippen molar-refractivity contribution in [2.24, 2.45) is 0 Å². The van der Waals surface area contributed by atoms with Crippen molar-refractivity contribution in [1.82, 2.24) is 4.57 Å². The quantitative estimate of drug-likeness (QED) is 0.179. The minimum absolute atomic E-state index is 0.0848. The number of ether oxygens (including phenoxy) is 2. The van der Waals surface area contributed by atoms with E-state index in [1.165, 1.54) is 69.5 Å². The third kappa shape index (κ3) is 3.58. The van der Waals surface area contributed by atoms with Crippen LogP contribution in [0.1, 0.15) is 24.8 Å². The molecule has 0 fully saturated rings. The Bertz CT molecular complexity index is 2620. The lowest BCUT2D eigenvalue weighted by Gasteiger charge is -2.42. The highest BCUT2D eigenvalue weighted by Crippen LogP contribution is 2.50. The Morgan fingerprint density at radius 1 is 0.787 bits per heavy atom. The van der Waals surface area contributed by atoms with E-state index < -0.39 is 0 Å². The van der Waals surface area contributed by atoms with Crippen LogP contribution in [0.15, 0.2) is 150 Å². The van der Waals surface area contributed by atoms with Crippen LogP contribution in [-0.4, -0.2) is 17.4 Å². The van der Waals surface area contributed by atoms with E-state index >= 15 is 0 Å². The van der Waals surface area contributed by atoms with Crippen LogP contribution in [0.3, 0.4) is 0 Å². The van der Waals surface area contributed by atoms with Gasteiger partial charge >= 0.3 is 0 Å². The fraction of sp³-hybridized carbons (Fsp3) is 0.0952. The van der Waals surface area contributed by atoms with Crippen molar-refractivity contribution in [3.8, 4) is 11.4 Å². The lowest BCUT2D eigenvalue weighted by Crippen LogP contribution is -2.49. The monoisotopic (exact) mass is 621 g/mol. The minimum atomic E-state index is -0.0848. The van der Waals surface area contributed by atoms with Gasteiger partial charge in [0, 0.05) is 55.0 Å². The third-order valence-electron chi connectivity index (χ3n) is 10.5. The molecule has 11 rings (SSSR count). The second kappa shape index (κ2) is 9.63. The summed E-state index contributed by atoms with van der Waals surface area (Å²) in [4.78, 5) is 0. The molecule has 0 saturated heterocycles. The van der Waals surface area contributed by atoms with Gasteiger partial charge in [-0.2, -0.15) is 0 Å². The number of fused-ring (bicyclic) bond motifs is 9. The van der Waals surface area contributed by atoms with Gasteiger partial charge in [-0.15, -0.1) is 11.3 Å². The molecule has 0 N–H and O–H groups in total. The van der Waals surface area contributed by atoms with E-state index in [9.17, 15) is 0 Å². The van der Waals surface area contributed by atoms with Crippen molar-refractivity contribution in [1.29, 1.82) is 0 Å². The molecule has 5 heteroatoms. The normalized spacial score (nSPS) is 18.3. The molecular weight excluding hydrogens is 593 g/mol. The molecule has 2 aromatic heterocycles. The predicted molar refractivity (Wildman–Crippen MR) is 196 cm³/mol. The van der Waals surface area contributed by atoms with Gasteiger partial charge in [-0.25, -0.2) is 0 Å². The van der Waals surface area contributed by atoms with Gasteiger partial charge in [0.15, 0.2) is 0 Å². The van der Waals surface area contributed by atoms with E-state index in [4.69, 9.17) is 9.47 Å². The minimum Gasteiger partial charge on any atom is -0.491 e. The van der Waals surface area contributed by atoms with Crippen LogP contribution in [0.2, 0.25) is 0 Å². The standard InChI is InChI=1S/C42H28BNO2S/c1-2-12-26(13-3-1)44-32-18-8-4-14-27(32)29-24-38-40(28-15-5-11-21-37(28)47-38)39(42(29)44)25-22-35-41-36(23-25)46-34-20-10-7-17-31(34)43(41)30-16-6-9-19-33(30)45-35/h1-9,11-19,21-22,24,36H,10,20,23H2. The lowest BCUT2D eigenvalue weighted by molar-refractivity contribution is 0.136. The molecule has 0 bridgehead atoms. The van der Waals surface area contributed by atoms with Crippen LogP contribution in [0.25, 0.3) is 53.2 Å². The first-order valence-corrected chi connectivity index (χ1v) is 17.3. The van der Waals surface area contributed by atoms with Crippen molar-refractivity contribution < 1.29 is 9.47 Å². The van der Waals surface area contributed by atoms with Gasteiger partial charge in [-0.1, -0.05) is 84.9 Å². The predicted octanol–water partition coefficient (Wildman–Crippen LogP) is 10.1. The van der Waals surface area contributed by atoms with E-state index in [0.717, 1.165) is 42.2 Å². The van der Waals surface area contributed by atoms with E-state index in [1.54, 1.807) is 0 Å². The molecule has 1 unspecified atom stereocenters. The zero-order chi connectivity index (χ0) is 30.6. The van der Waals surface area contributed by atoms with Gasteiger partial charge in [0.05, 0.1) is 16.8 Å². The van der Waals surface area contributed by atoms with E-state index in [2.05, 4.69) is 132 Å². The number of allylic oxidation sites excluding steroid dienone is 5. The van der Waals surface area contributed by atoms with Gasteiger partial charge in [-0.05, 0) is 70.9 Å². The van der Waals surface area contributed by atoms with E-state index in [0.29, 0.717) is 0 Å². The number of para-hydroxylation sites is 3. The first-order chi connectivity index (χ1) is 23.3. The summed E-state index contributed by atoms with van der Waals surface area (Å²) in [5, 5.41) is 5.16. The lowest BCUT2D eigenvalue weighted by atomic mass is 9.32. The van der Waals surface area contributed by atoms with Crippen molar-refractivity contribution in [2.75, 3.05) is 0 Å². The maximum Gasteiger partial charge on any atom is 0.255 e. The van der Waals surface area contributed by atoms with Crippen LogP contribution in [0.4, 0.5) is 0 Å². The molecule has 0 saturated carbocycles. The molecule has 0 radical (unpaired) electrons. The highest BCUT2D eigenvalue weighted by Gasteiger charge is 2.46. The molecule has 0 amide bonds. The van der Waals surface area contributed by atoms with Crippen LogP contribution in [-0.2, 0) is 4.74 Å². The van der Waals surface area contributed by atoms with Gasteiger partial charge < -0.3 is 14.0 Å². The first kappa shape index (κ1) is 25.9. The summed E-state index contributed by atoms with van der Waals surface area (Å²) in [6.07, 6.45) is 9.61. The number of aromatic nitrogens is 1. The van der Waals surface area contributed by atoms with Crippen LogP contribution >= 0.6 is 11.3 Å². The molecule has 47 heavy (non-hydrogen) atoms. The molecule has 5 aromatic carbocycles. The molecule has 0 spiro atoms. The summed E-state index contributed by atoms with van der Waals surface area (Å²) >= 11 is 1.89. The maximum absolute atomic E-state index is 7.01. The summed E-state index contributed by atoms with van der Waals surface area (Å²) in [5.41, 5.74) is 9.98. The Hall–Kier alpha value is -5.26. The zero-order valence-corrected chi connectivity index (χ0v) is 26.4. The Kier molecular flexibility index (Phi) is 5.30. The Morgan fingerprint density at radius 2 is 1.60 bits per heavy atom. The van der Waals surface area contributed by atoms with Gasteiger partial charge in [-0.3, -0.25) is 0 Å². The maximum atomic E-state index is 7.01. The molecular formula is C42H28BNO2S. The number of benzene rings is 5. The van der Waals surface area contributed by atoms with Crippen molar-refractivity contribution in [2.45, 2.75) is 25.4 Å². The van der Waals surface area contributed by atoms with Crippen LogP contribution in [0, 0.1) is 0 Å². The van der Waals surface area contributed by atoms with Crippen molar-refractivity contribution in [3.63, 3.8) is 0 Å². The molecule has 1 atom stereocenters. The molecule has 4 heterocycles. The largest absolute Gasteiger partial charge is 0.491 e. The highest BCUT2D eigenvalue weighted by atomic mass is 32.1. The third-order valence-corrected chi connectivity index (χ3v) is 11.6. The van der Waals surface area contributed by atoms with Gasteiger partial charge in [0.25, 0.3) is 6.71 Å². The number of hydrogen-bond acceptors (Lipinski definition) is 3. The highest BCUT2D eigenvalue weighted by molar-refractivity contribution is 7.26. The number of rotatable bonds is 2. The summed E-state index contributed by atoms with van der Waals surface area (Å²) < 4.78 is 18.9. The fourth-order valence-corrected chi connectivity index (χ4v) is 9.76. The van der Waals surface area contributed by atoms with E-state index in [-0.39, 0.29) is 12.8 Å². The van der Waals surface area contributed by atoms with Gasteiger partial charge in [0.1, 0.15) is 17.6 Å². The average Bonchev–Trinajstić information content (AvgIpc) is 3.66. The molecule has 2 aliphatic heterocycles. The Balaban J connectivity index is 1.27. The first-order valence-electron chi connectivity index (χ1n) is 16.5. The molecule has 4 aliphatic rings. The summed E-state index contributed by atoms with van der Waals surface area (Å²) in [6.45, 7) is 0.159. The summed E-state index contributed by atoms with van der Waals surface area (Å²) in [6, 6.07) is 39.6. The van der Waals surface area contributed by atoms with Crippen LogP contribution < -0.4 is 10.2 Å². The molecule has 222 valence electrons. The van der Waals surface area contributed by atoms with Crippen LogP contribution in [0.5, 0.6) is 5.75 Å². The van der Waals surface area contributed by atoms with Gasteiger partial charge in [0.2, 0.25) is 0 Å². The zero-order valence-electron chi connectivity index (χ0n) is 25.6. The molecule has 7 aromatic rings. The van der Waals surface area contributed by atoms with Crippen molar-refractivity contribution >= 4 is 71.1 Å². The Labute approximate surface area is 276 Å². The number of hydrogen-bond donors (Lipinski definition) is 0. The summed E-state index contributed by atoms with van der Waals surface area (Å²) in [5.74, 6) is 3.03. The number of thiophene rings is 1. The SMILES string of the molecule is C1=CC2=C(CC1)OC1CC(c3c4c(cc5c6ccccc6n(-c6ccccc6)c35)sc3ccccc34)=CC3=C1B2c1ccccc1O3. The smallest absolute Gasteiger partial charge is 0.255 e. The molecule has 2 aliphatic carbocycles. The topological polar surface area (TPSA) is 23.4 Å². The number of nitrogens with zero attached hydrogens (tertiary/aromatic N) is 1. The summed E-state index contributed by atoms with van der Waals surface area (Å²) in [7, 11) is 0. The second-order valence-corrected chi connectivity index (χ2v) is 14.1. The van der Waals surface area contributed by atoms with Crippen molar-refractivity contribution in [3.05, 3.63) is 155 Å². The Morgan fingerprint density at radius 3 is 2.53 bits per heavy atom. The second-order valence-electron chi connectivity index (χ2n) is 13.0. The molecule has 3 nitrogen and oxygen atoms in total. The van der Waals surface area contributed by atoms with E-state index in [1.807, 2.05) is 11.3 Å². The fourth-order valence-electron chi connectivity index (χ4n) is 8.60.